The van der Waals surface area contributed by atoms with E-state index in [1.54, 1.807) is 0 Å². The predicted octanol–water partition coefficient (Wildman–Crippen LogP) is 16.5. The highest BCUT2D eigenvalue weighted by Crippen LogP contribution is 2.41. The number of ether oxygens (including phenoxy) is 4. The zero-order valence-corrected chi connectivity index (χ0v) is 36.7. The molecule has 0 spiro atoms. The number of hydrogen-bond acceptors (Lipinski definition) is 5. The van der Waals surface area contributed by atoms with Crippen LogP contribution in [-0.2, 0) is 0 Å². The topological polar surface area (TPSA) is 54.0 Å². The zero-order chi connectivity index (χ0) is 45.6. The highest BCUT2D eigenvalue weighted by Gasteiger charge is 2.20. The maximum Gasteiger partial charge on any atom is 0.193 e. The van der Waals surface area contributed by atoms with Crippen LogP contribution < -0.4 is 18.9 Å². The van der Waals surface area contributed by atoms with E-state index >= 15 is 4.79 Å². The van der Waals surface area contributed by atoms with E-state index in [2.05, 4.69) is 18.7 Å². The van der Waals surface area contributed by atoms with Gasteiger partial charge in [-0.15, -0.1) is 0 Å². The lowest BCUT2D eigenvalue weighted by molar-refractivity contribution is 0.103. The molecule has 0 aliphatic rings. The molecule has 9 rings (SSSR count). The summed E-state index contributed by atoms with van der Waals surface area (Å²) in [5, 5.41) is 0. The summed E-state index contributed by atoms with van der Waals surface area (Å²) in [6, 6.07) is 74.2. The molecule has 0 saturated heterocycles. The summed E-state index contributed by atoms with van der Waals surface area (Å²) >= 11 is 0. The molecule has 5 heteroatoms. The van der Waals surface area contributed by atoms with E-state index < -0.39 is 0 Å². The van der Waals surface area contributed by atoms with E-state index in [0.29, 0.717) is 52.2 Å². The fourth-order valence-corrected chi connectivity index (χ4v) is 7.63. The fraction of sp³-hybridized carbons (Fsp3) is 0.0161. The van der Waals surface area contributed by atoms with Crippen molar-refractivity contribution in [3.8, 4) is 73.6 Å². The lowest BCUT2D eigenvalue weighted by atomic mass is 9.90. The van der Waals surface area contributed by atoms with Gasteiger partial charge < -0.3 is 18.9 Å². The van der Waals surface area contributed by atoms with Crippen molar-refractivity contribution in [2.45, 2.75) is 0 Å². The van der Waals surface area contributed by atoms with E-state index in [0.717, 1.165) is 50.3 Å². The van der Waals surface area contributed by atoms with Gasteiger partial charge in [0.1, 0.15) is 46.9 Å². The van der Waals surface area contributed by atoms with Gasteiger partial charge in [0.05, 0.1) is 0 Å². The summed E-state index contributed by atoms with van der Waals surface area (Å²) in [6.07, 6.45) is 7.73. The van der Waals surface area contributed by atoms with Crippen molar-refractivity contribution in [3.05, 3.63) is 278 Å². The summed E-state index contributed by atoms with van der Waals surface area (Å²) < 4.78 is 25.3. The minimum absolute atomic E-state index is 0.176. The molecular weight excluding hydrogens is 825 g/mol. The molecule has 67 heavy (non-hydrogen) atoms. The molecule has 9 aromatic carbocycles. The van der Waals surface area contributed by atoms with Crippen LogP contribution in [0.15, 0.2) is 261 Å². The number of allylic oxidation sites excluding steroid dienone is 4. The minimum Gasteiger partial charge on any atom is -0.490 e. The minimum atomic E-state index is -0.176. The third-order valence-corrected chi connectivity index (χ3v) is 10.9. The third kappa shape index (κ3) is 11.1. The first-order chi connectivity index (χ1) is 33.0. The molecule has 0 saturated carbocycles. The Labute approximate surface area is 391 Å². The molecule has 0 bridgehead atoms. The quantitative estimate of drug-likeness (QED) is 0.0674. The van der Waals surface area contributed by atoms with Crippen LogP contribution in [-0.4, -0.2) is 12.4 Å². The maximum absolute atomic E-state index is 15.4. The number of benzene rings is 9. The Morgan fingerprint density at radius 3 is 1.19 bits per heavy atom. The van der Waals surface area contributed by atoms with Crippen molar-refractivity contribution in [2.24, 2.45) is 0 Å². The van der Waals surface area contributed by atoms with Crippen molar-refractivity contribution in [1.29, 1.82) is 0 Å². The van der Waals surface area contributed by atoms with Crippen LogP contribution in [0, 0.1) is 0 Å². The van der Waals surface area contributed by atoms with E-state index in [9.17, 15) is 0 Å². The van der Waals surface area contributed by atoms with Crippen molar-refractivity contribution in [1.82, 2.24) is 0 Å². The number of carbonyl (C=O) groups is 1. The van der Waals surface area contributed by atoms with Gasteiger partial charge in [0, 0.05) is 27.8 Å². The molecule has 0 unspecified atom stereocenters. The van der Waals surface area contributed by atoms with Crippen LogP contribution in [0.4, 0.5) is 0 Å². The molecule has 0 aliphatic heterocycles. The normalized spacial score (nSPS) is 11.0. The van der Waals surface area contributed by atoms with Crippen molar-refractivity contribution >= 4 is 11.4 Å². The van der Waals surface area contributed by atoms with Gasteiger partial charge in [0.2, 0.25) is 0 Å². The number of hydrogen-bond donors (Lipinski definition) is 0. The van der Waals surface area contributed by atoms with Crippen LogP contribution >= 0.6 is 0 Å². The molecule has 0 aromatic heterocycles. The lowest BCUT2D eigenvalue weighted by Crippen LogP contribution is -2.04. The average Bonchev–Trinajstić information content (AvgIpc) is 3.38. The second-order valence-corrected chi connectivity index (χ2v) is 15.6. The van der Waals surface area contributed by atoms with Gasteiger partial charge in [-0.1, -0.05) is 152 Å². The Bertz CT molecular complexity index is 3070. The Balaban J connectivity index is 1.14. The van der Waals surface area contributed by atoms with Gasteiger partial charge in [-0.2, -0.15) is 0 Å². The van der Waals surface area contributed by atoms with E-state index in [4.69, 9.17) is 18.9 Å². The highest BCUT2D eigenvalue weighted by molar-refractivity contribution is 6.11. The summed E-state index contributed by atoms with van der Waals surface area (Å²) in [5.74, 6) is 4.70. The highest BCUT2D eigenvalue weighted by atomic mass is 16.5. The van der Waals surface area contributed by atoms with Gasteiger partial charge in [-0.05, 0) is 137 Å². The zero-order valence-electron chi connectivity index (χ0n) is 36.7. The molecule has 9 aromatic rings. The standard InChI is InChI=1S/C62H46O5/c1-45(23-7-6-22-38-64-52-24-8-2-9-25-52)46-39-47(56-32-16-19-35-59(56)65-53-26-10-3-11-27-53)42-50(40-46)62(63)51-43-48(57-33-17-20-36-60(57)66-54-28-12-4-13-29-54)41-49(44-51)58-34-18-21-37-61(58)67-55-30-14-5-15-31-55/h2-37,39-44H,1,38H2/b22-6-,23-7-. The molecule has 0 aliphatic carbocycles. The smallest absolute Gasteiger partial charge is 0.193 e. The molecule has 0 N–H and O–H groups in total. The molecule has 0 radical (unpaired) electrons. The van der Waals surface area contributed by atoms with Gasteiger partial charge >= 0.3 is 0 Å². The van der Waals surface area contributed by atoms with Crippen LogP contribution in [0.25, 0.3) is 39.0 Å². The number of carbonyl (C=O) groups excluding carboxylic acids is 1. The number of ketones is 1. The fourth-order valence-electron chi connectivity index (χ4n) is 7.63. The Hall–Kier alpha value is -8.93. The summed E-state index contributed by atoms with van der Waals surface area (Å²) in [4.78, 5) is 15.4. The third-order valence-electron chi connectivity index (χ3n) is 10.9. The molecule has 0 atom stereocenters. The monoisotopic (exact) mass is 870 g/mol. The van der Waals surface area contributed by atoms with Crippen LogP contribution in [0.3, 0.4) is 0 Å². The molecule has 324 valence electrons. The molecular formula is C62H46O5. The summed E-state index contributed by atoms with van der Waals surface area (Å²) in [6.45, 7) is 4.88. The second kappa shape index (κ2) is 21.2. The number of para-hydroxylation sites is 7. The molecule has 0 amide bonds. The SMILES string of the molecule is C=C(/C=C\C=C/COc1ccccc1)c1cc(C(=O)c2cc(-c3ccccc3Oc3ccccc3)cc(-c3ccccc3Oc3ccccc3)c2)cc(-c2ccccc2Oc2ccccc2)c1. The van der Waals surface area contributed by atoms with E-state index in [1.165, 1.54) is 0 Å². The summed E-state index contributed by atoms with van der Waals surface area (Å²) in [7, 11) is 0. The first-order valence-corrected chi connectivity index (χ1v) is 22.1. The van der Waals surface area contributed by atoms with Gasteiger partial charge in [-0.3, -0.25) is 4.79 Å². The molecule has 5 nitrogen and oxygen atoms in total. The average molecular weight is 871 g/mol. The first kappa shape index (κ1) is 43.3. The van der Waals surface area contributed by atoms with E-state index in [-0.39, 0.29) is 5.78 Å². The van der Waals surface area contributed by atoms with Crippen molar-refractivity contribution in [2.75, 3.05) is 6.61 Å². The molecule has 0 heterocycles. The second-order valence-electron chi connectivity index (χ2n) is 15.6. The van der Waals surface area contributed by atoms with Crippen LogP contribution in [0.1, 0.15) is 21.5 Å². The largest absolute Gasteiger partial charge is 0.490 e. The van der Waals surface area contributed by atoms with Crippen molar-refractivity contribution < 1.29 is 23.7 Å². The van der Waals surface area contributed by atoms with Crippen LogP contribution in [0.5, 0.6) is 40.2 Å². The maximum atomic E-state index is 15.4. The Morgan fingerprint density at radius 2 is 0.746 bits per heavy atom. The van der Waals surface area contributed by atoms with Gasteiger partial charge in [-0.25, -0.2) is 0 Å². The Morgan fingerprint density at radius 1 is 0.388 bits per heavy atom. The van der Waals surface area contributed by atoms with Gasteiger partial charge in [0.25, 0.3) is 0 Å². The summed E-state index contributed by atoms with van der Waals surface area (Å²) in [5.41, 5.74) is 7.34. The van der Waals surface area contributed by atoms with E-state index in [1.807, 2.05) is 243 Å². The first-order valence-electron chi connectivity index (χ1n) is 22.1. The van der Waals surface area contributed by atoms with Crippen molar-refractivity contribution in [3.63, 3.8) is 0 Å². The van der Waals surface area contributed by atoms with Gasteiger partial charge in [0.15, 0.2) is 5.78 Å². The Kier molecular flexibility index (Phi) is 13.7. The number of rotatable bonds is 17. The molecule has 0 fully saturated rings. The lowest BCUT2D eigenvalue weighted by Gasteiger charge is -2.17. The van der Waals surface area contributed by atoms with Crippen LogP contribution in [0.2, 0.25) is 0 Å². The predicted molar refractivity (Wildman–Crippen MR) is 271 cm³/mol.